The van der Waals surface area contributed by atoms with Crippen molar-refractivity contribution in [2.75, 3.05) is 0 Å². The molecule has 0 aliphatic carbocycles. The maximum absolute atomic E-state index is 5.23. The first-order valence-corrected chi connectivity index (χ1v) is 19.6. The average molecular weight is 733 g/mol. The molecule has 5 heteroatoms. The maximum atomic E-state index is 5.23. The molecule has 0 unspecified atom stereocenters. The summed E-state index contributed by atoms with van der Waals surface area (Å²) in [7, 11) is 0. The van der Waals surface area contributed by atoms with Crippen molar-refractivity contribution in [1.29, 1.82) is 0 Å². The summed E-state index contributed by atoms with van der Waals surface area (Å²) in [5, 5.41) is 5.06. The van der Waals surface area contributed by atoms with Gasteiger partial charge in [-0.1, -0.05) is 158 Å². The highest BCUT2D eigenvalue weighted by Crippen LogP contribution is 2.47. The van der Waals surface area contributed by atoms with Crippen LogP contribution in [0.5, 0.6) is 0 Å². The summed E-state index contributed by atoms with van der Waals surface area (Å²) >= 11 is 1.85. The summed E-state index contributed by atoms with van der Waals surface area (Å²) < 4.78 is 4.89. The SMILES string of the molecule is c1ccc(-c2ccc(-c3cccc4c3sc3ccc5c(c6ccccc6n5-c5ccccc5)c34)c(-c3nc(-c4ccccc4)nc(-c4ccccc4)n3)c2)cc1. The van der Waals surface area contributed by atoms with E-state index in [0.29, 0.717) is 17.5 Å². The van der Waals surface area contributed by atoms with Crippen LogP contribution in [0.3, 0.4) is 0 Å². The second-order valence-corrected chi connectivity index (χ2v) is 15.0. The lowest BCUT2D eigenvalue weighted by atomic mass is 9.93. The number of para-hydroxylation sites is 2. The van der Waals surface area contributed by atoms with E-state index in [1.807, 2.05) is 47.7 Å². The monoisotopic (exact) mass is 732 g/mol. The maximum Gasteiger partial charge on any atom is 0.164 e. The Hall–Kier alpha value is -7.21. The van der Waals surface area contributed by atoms with Gasteiger partial charge in [0.15, 0.2) is 17.5 Å². The van der Waals surface area contributed by atoms with Gasteiger partial charge in [0.2, 0.25) is 0 Å². The zero-order chi connectivity index (χ0) is 37.0. The number of rotatable bonds is 6. The summed E-state index contributed by atoms with van der Waals surface area (Å²) in [5.41, 5.74) is 10.9. The predicted molar refractivity (Wildman–Crippen MR) is 234 cm³/mol. The molecule has 0 saturated carbocycles. The van der Waals surface area contributed by atoms with Gasteiger partial charge in [-0.3, -0.25) is 0 Å². The molecule has 11 aromatic rings. The fourth-order valence-electron chi connectivity index (χ4n) is 8.12. The van der Waals surface area contributed by atoms with E-state index in [1.54, 1.807) is 0 Å². The number of fused-ring (bicyclic) bond motifs is 7. The van der Waals surface area contributed by atoms with Crippen LogP contribution < -0.4 is 0 Å². The van der Waals surface area contributed by atoms with Crippen molar-refractivity contribution in [3.63, 3.8) is 0 Å². The molecule has 0 fully saturated rings. The molecule has 0 atom stereocenters. The third-order valence-corrected chi connectivity index (χ3v) is 11.9. The van der Waals surface area contributed by atoms with E-state index in [0.717, 1.165) is 44.6 Å². The van der Waals surface area contributed by atoms with Crippen LogP contribution in [0, 0.1) is 0 Å². The molecule has 0 bridgehead atoms. The number of benzene rings is 8. The van der Waals surface area contributed by atoms with E-state index in [-0.39, 0.29) is 0 Å². The van der Waals surface area contributed by atoms with Crippen LogP contribution in [0.15, 0.2) is 194 Å². The Labute approximate surface area is 327 Å². The van der Waals surface area contributed by atoms with Crippen LogP contribution in [0.1, 0.15) is 0 Å². The number of hydrogen-bond donors (Lipinski definition) is 0. The quantitative estimate of drug-likeness (QED) is 0.171. The largest absolute Gasteiger partial charge is 0.309 e. The van der Waals surface area contributed by atoms with Crippen molar-refractivity contribution in [2.45, 2.75) is 0 Å². The lowest BCUT2D eigenvalue weighted by Crippen LogP contribution is -2.01. The number of thiophene rings is 1. The van der Waals surface area contributed by atoms with Crippen LogP contribution in [0.25, 0.3) is 104 Å². The van der Waals surface area contributed by atoms with E-state index in [1.165, 1.54) is 42.0 Å². The topological polar surface area (TPSA) is 43.6 Å². The molecule has 4 nitrogen and oxygen atoms in total. The van der Waals surface area contributed by atoms with Crippen LogP contribution in [0.4, 0.5) is 0 Å². The number of aromatic nitrogens is 4. The fourth-order valence-corrected chi connectivity index (χ4v) is 9.36. The minimum Gasteiger partial charge on any atom is -0.309 e. The molecule has 0 amide bonds. The van der Waals surface area contributed by atoms with Crippen molar-refractivity contribution >= 4 is 53.3 Å². The molecule has 0 aliphatic rings. The molecule has 0 aliphatic heterocycles. The molecule has 8 aromatic carbocycles. The van der Waals surface area contributed by atoms with Crippen molar-refractivity contribution in [2.24, 2.45) is 0 Å². The van der Waals surface area contributed by atoms with E-state index >= 15 is 0 Å². The van der Waals surface area contributed by atoms with Crippen molar-refractivity contribution in [3.05, 3.63) is 194 Å². The molecule has 11 rings (SSSR count). The van der Waals surface area contributed by atoms with E-state index < -0.39 is 0 Å². The molecule has 262 valence electrons. The van der Waals surface area contributed by atoms with E-state index in [4.69, 9.17) is 15.0 Å². The minimum absolute atomic E-state index is 0.636. The van der Waals surface area contributed by atoms with Gasteiger partial charge < -0.3 is 4.57 Å². The van der Waals surface area contributed by atoms with Crippen molar-refractivity contribution in [3.8, 4) is 62.1 Å². The zero-order valence-corrected chi connectivity index (χ0v) is 31.0. The molecular weight excluding hydrogens is 701 g/mol. The molecule has 56 heavy (non-hydrogen) atoms. The van der Waals surface area contributed by atoms with Gasteiger partial charge in [-0.15, -0.1) is 11.3 Å². The Morgan fingerprint density at radius 3 is 1.64 bits per heavy atom. The smallest absolute Gasteiger partial charge is 0.164 e. The first kappa shape index (κ1) is 32.2. The average Bonchev–Trinajstić information content (AvgIpc) is 3.83. The van der Waals surface area contributed by atoms with E-state index in [9.17, 15) is 0 Å². The minimum atomic E-state index is 0.636. The van der Waals surface area contributed by atoms with Crippen LogP contribution in [0.2, 0.25) is 0 Å². The summed E-state index contributed by atoms with van der Waals surface area (Å²) in [6.45, 7) is 0. The van der Waals surface area contributed by atoms with Gasteiger partial charge in [-0.25, -0.2) is 15.0 Å². The Kier molecular flexibility index (Phi) is 7.64. The summed E-state index contributed by atoms with van der Waals surface area (Å²) in [6, 6.07) is 68.4. The Balaban J connectivity index is 1.19. The standard InChI is InChI=1S/C51H32N4S/c1-5-16-33(17-6-1)36-28-29-38(42(32-36)51-53-49(34-18-7-2-8-19-34)52-50(54-51)35-20-9-3-10-21-35)39-25-15-26-41-47-45(56-48(39)41)31-30-44-46(47)40-24-13-14-27-43(40)55(44)37-22-11-4-12-23-37/h1-32H. The summed E-state index contributed by atoms with van der Waals surface area (Å²) in [5.74, 6) is 1.92. The van der Waals surface area contributed by atoms with Crippen molar-refractivity contribution < 1.29 is 0 Å². The zero-order valence-electron chi connectivity index (χ0n) is 30.2. The van der Waals surface area contributed by atoms with Gasteiger partial charge in [-0.05, 0) is 53.1 Å². The molecular formula is C51H32N4S. The van der Waals surface area contributed by atoms with Gasteiger partial charge in [0.1, 0.15) is 0 Å². The van der Waals surface area contributed by atoms with E-state index in [2.05, 4.69) is 162 Å². The van der Waals surface area contributed by atoms with Gasteiger partial charge in [0.05, 0.1) is 11.0 Å². The summed E-state index contributed by atoms with van der Waals surface area (Å²) in [4.78, 5) is 15.5. The van der Waals surface area contributed by atoms with Crippen LogP contribution in [-0.2, 0) is 0 Å². The molecule has 0 radical (unpaired) electrons. The lowest BCUT2D eigenvalue weighted by molar-refractivity contribution is 1.07. The van der Waals surface area contributed by atoms with Gasteiger partial charge in [0.25, 0.3) is 0 Å². The Morgan fingerprint density at radius 1 is 0.357 bits per heavy atom. The fraction of sp³-hybridized carbons (Fsp3) is 0. The van der Waals surface area contributed by atoms with Crippen LogP contribution >= 0.6 is 11.3 Å². The first-order chi connectivity index (χ1) is 27.8. The number of hydrogen-bond acceptors (Lipinski definition) is 4. The van der Waals surface area contributed by atoms with Gasteiger partial charge >= 0.3 is 0 Å². The third-order valence-electron chi connectivity index (χ3n) is 10.7. The van der Waals surface area contributed by atoms with Crippen molar-refractivity contribution in [1.82, 2.24) is 19.5 Å². The predicted octanol–water partition coefficient (Wildman–Crippen LogP) is 13.7. The molecule has 0 saturated heterocycles. The second kappa shape index (κ2) is 13.3. The molecule has 3 heterocycles. The lowest BCUT2D eigenvalue weighted by Gasteiger charge is -2.14. The highest BCUT2D eigenvalue weighted by Gasteiger charge is 2.22. The van der Waals surface area contributed by atoms with Gasteiger partial charge in [0, 0.05) is 58.9 Å². The highest BCUT2D eigenvalue weighted by molar-refractivity contribution is 7.26. The number of nitrogens with zero attached hydrogens (tertiary/aromatic N) is 4. The third kappa shape index (κ3) is 5.32. The normalized spacial score (nSPS) is 11.6. The second-order valence-electron chi connectivity index (χ2n) is 14.0. The molecule has 0 spiro atoms. The first-order valence-electron chi connectivity index (χ1n) is 18.8. The Bertz CT molecular complexity index is 3170. The Morgan fingerprint density at radius 2 is 0.946 bits per heavy atom. The summed E-state index contributed by atoms with van der Waals surface area (Å²) in [6.07, 6.45) is 0. The molecule has 0 N–H and O–H groups in total. The van der Waals surface area contributed by atoms with Gasteiger partial charge in [-0.2, -0.15) is 0 Å². The molecule has 3 aromatic heterocycles. The highest BCUT2D eigenvalue weighted by atomic mass is 32.1. The van der Waals surface area contributed by atoms with Crippen LogP contribution in [-0.4, -0.2) is 19.5 Å².